The van der Waals surface area contributed by atoms with E-state index < -0.39 is 0 Å². The summed E-state index contributed by atoms with van der Waals surface area (Å²) in [6.45, 7) is 6.69. The van der Waals surface area contributed by atoms with Crippen molar-refractivity contribution in [3.05, 3.63) is 77.9 Å². The molecule has 0 aliphatic carbocycles. The van der Waals surface area contributed by atoms with Crippen LogP contribution >= 0.6 is 0 Å². The van der Waals surface area contributed by atoms with Crippen LogP contribution in [0.3, 0.4) is 0 Å². The standard InChI is InChI=1S/C23H23N3/c1-15(2)18-10-11-24-22-13-17(8-9-19(18)22)12-16(3)23-20-6-4-5-7-21(20)25-14-26-23/h4-11,13-16H,12H2,1-3H3. The van der Waals surface area contributed by atoms with Gasteiger partial charge in [0.15, 0.2) is 0 Å². The lowest BCUT2D eigenvalue weighted by Gasteiger charge is -2.14. The first-order chi connectivity index (χ1) is 12.6. The van der Waals surface area contributed by atoms with Gasteiger partial charge >= 0.3 is 0 Å². The van der Waals surface area contributed by atoms with Gasteiger partial charge < -0.3 is 0 Å². The van der Waals surface area contributed by atoms with E-state index in [1.807, 2.05) is 18.3 Å². The molecule has 0 aliphatic heterocycles. The number of fused-ring (bicyclic) bond motifs is 2. The number of aromatic nitrogens is 3. The second kappa shape index (κ2) is 6.83. The molecule has 0 amide bonds. The fourth-order valence-corrected chi connectivity index (χ4v) is 3.71. The molecule has 2 aromatic carbocycles. The number of hydrogen-bond acceptors (Lipinski definition) is 3. The largest absolute Gasteiger partial charge is 0.256 e. The van der Waals surface area contributed by atoms with Gasteiger partial charge in [-0.25, -0.2) is 9.97 Å². The zero-order valence-electron chi connectivity index (χ0n) is 15.5. The Morgan fingerprint density at radius 2 is 1.65 bits per heavy atom. The number of pyridine rings is 1. The van der Waals surface area contributed by atoms with E-state index in [1.165, 1.54) is 16.5 Å². The number of para-hydroxylation sites is 1. The topological polar surface area (TPSA) is 38.7 Å². The molecule has 0 bridgehead atoms. The summed E-state index contributed by atoms with van der Waals surface area (Å²) >= 11 is 0. The number of hydrogen-bond donors (Lipinski definition) is 0. The monoisotopic (exact) mass is 341 g/mol. The van der Waals surface area contributed by atoms with Gasteiger partial charge in [-0.15, -0.1) is 0 Å². The molecule has 3 nitrogen and oxygen atoms in total. The van der Waals surface area contributed by atoms with E-state index in [0.717, 1.165) is 28.5 Å². The van der Waals surface area contributed by atoms with Crippen molar-refractivity contribution < 1.29 is 0 Å². The van der Waals surface area contributed by atoms with Crippen molar-refractivity contribution in [1.29, 1.82) is 0 Å². The maximum absolute atomic E-state index is 4.59. The fourth-order valence-electron chi connectivity index (χ4n) is 3.71. The minimum Gasteiger partial charge on any atom is -0.256 e. The molecule has 0 spiro atoms. The van der Waals surface area contributed by atoms with Crippen LogP contribution in [0.5, 0.6) is 0 Å². The maximum Gasteiger partial charge on any atom is 0.116 e. The van der Waals surface area contributed by atoms with E-state index in [0.29, 0.717) is 11.8 Å². The van der Waals surface area contributed by atoms with Gasteiger partial charge in [-0.2, -0.15) is 0 Å². The molecule has 4 rings (SSSR count). The van der Waals surface area contributed by atoms with E-state index in [9.17, 15) is 0 Å². The molecule has 130 valence electrons. The minimum absolute atomic E-state index is 0.314. The lowest BCUT2D eigenvalue weighted by atomic mass is 9.93. The quantitative estimate of drug-likeness (QED) is 0.481. The van der Waals surface area contributed by atoms with Crippen LogP contribution in [0.1, 0.15) is 49.4 Å². The lowest BCUT2D eigenvalue weighted by molar-refractivity contribution is 0.736. The summed E-state index contributed by atoms with van der Waals surface area (Å²) in [5, 5.41) is 2.40. The van der Waals surface area contributed by atoms with E-state index in [1.54, 1.807) is 6.33 Å². The molecule has 1 unspecified atom stereocenters. The van der Waals surface area contributed by atoms with Gasteiger partial charge in [0.25, 0.3) is 0 Å². The maximum atomic E-state index is 4.59. The SMILES string of the molecule is CC(C)c1ccnc2cc(CC(C)c3ncnc4ccccc34)ccc12. The van der Waals surface area contributed by atoms with Gasteiger partial charge in [0.2, 0.25) is 0 Å². The second-order valence-electron chi connectivity index (χ2n) is 7.29. The Hall–Kier alpha value is -2.81. The second-order valence-corrected chi connectivity index (χ2v) is 7.29. The molecule has 2 heterocycles. The summed E-state index contributed by atoms with van der Waals surface area (Å²) in [6, 6.07) is 17.0. The van der Waals surface area contributed by atoms with Crippen molar-refractivity contribution >= 4 is 21.8 Å². The molecule has 0 saturated carbocycles. The van der Waals surface area contributed by atoms with Crippen molar-refractivity contribution in [2.45, 2.75) is 39.0 Å². The molecule has 26 heavy (non-hydrogen) atoms. The summed E-state index contributed by atoms with van der Waals surface area (Å²) in [5.41, 5.74) is 5.84. The van der Waals surface area contributed by atoms with Crippen molar-refractivity contribution in [3.8, 4) is 0 Å². The highest BCUT2D eigenvalue weighted by molar-refractivity contribution is 5.83. The Morgan fingerprint density at radius 3 is 2.50 bits per heavy atom. The molecule has 0 radical (unpaired) electrons. The van der Waals surface area contributed by atoms with Gasteiger partial charge in [0.05, 0.1) is 16.7 Å². The Bertz CT molecular complexity index is 1060. The predicted molar refractivity (Wildman–Crippen MR) is 107 cm³/mol. The zero-order chi connectivity index (χ0) is 18.1. The Balaban J connectivity index is 1.68. The van der Waals surface area contributed by atoms with Crippen molar-refractivity contribution in [1.82, 2.24) is 15.0 Å². The van der Waals surface area contributed by atoms with Crippen LogP contribution < -0.4 is 0 Å². The van der Waals surface area contributed by atoms with Crippen molar-refractivity contribution in [3.63, 3.8) is 0 Å². The molecular weight excluding hydrogens is 318 g/mol. The molecule has 1 atom stereocenters. The minimum atomic E-state index is 0.314. The average molecular weight is 341 g/mol. The normalized spacial score (nSPS) is 12.8. The van der Waals surface area contributed by atoms with Gasteiger partial charge in [-0.05, 0) is 41.7 Å². The summed E-state index contributed by atoms with van der Waals surface area (Å²) in [4.78, 5) is 13.5. The predicted octanol–water partition coefficient (Wildman–Crippen LogP) is 5.65. The van der Waals surface area contributed by atoms with Crippen LogP contribution in [-0.4, -0.2) is 15.0 Å². The van der Waals surface area contributed by atoms with Crippen LogP contribution in [0.15, 0.2) is 61.1 Å². The third-order valence-electron chi connectivity index (χ3n) is 5.05. The zero-order valence-corrected chi connectivity index (χ0v) is 15.5. The van der Waals surface area contributed by atoms with Crippen LogP contribution in [0, 0.1) is 0 Å². The Morgan fingerprint density at radius 1 is 0.808 bits per heavy atom. The molecule has 4 aromatic rings. The van der Waals surface area contributed by atoms with Crippen LogP contribution in [-0.2, 0) is 6.42 Å². The molecule has 3 heteroatoms. The summed E-state index contributed by atoms with van der Waals surface area (Å²) in [6.07, 6.45) is 4.53. The van der Waals surface area contributed by atoms with Crippen LogP contribution in [0.4, 0.5) is 0 Å². The smallest absolute Gasteiger partial charge is 0.116 e. The van der Waals surface area contributed by atoms with Gasteiger partial charge in [-0.3, -0.25) is 4.98 Å². The van der Waals surface area contributed by atoms with Crippen molar-refractivity contribution in [2.24, 2.45) is 0 Å². The van der Waals surface area contributed by atoms with Crippen molar-refractivity contribution in [2.75, 3.05) is 0 Å². The molecule has 0 aliphatic rings. The third-order valence-corrected chi connectivity index (χ3v) is 5.05. The first kappa shape index (κ1) is 16.6. The highest BCUT2D eigenvalue weighted by Crippen LogP contribution is 2.28. The number of rotatable bonds is 4. The van der Waals surface area contributed by atoms with E-state index in [-0.39, 0.29) is 0 Å². The fraction of sp³-hybridized carbons (Fsp3) is 0.261. The Labute approximate surface area is 154 Å². The summed E-state index contributed by atoms with van der Waals surface area (Å²) < 4.78 is 0. The third kappa shape index (κ3) is 3.05. The molecular formula is C23H23N3. The first-order valence-corrected chi connectivity index (χ1v) is 9.20. The lowest BCUT2D eigenvalue weighted by Crippen LogP contribution is -2.03. The molecule has 2 aromatic heterocycles. The molecule has 0 saturated heterocycles. The van der Waals surface area contributed by atoms with E-state index >= 15 is 0 Å². The van der Waals surface area contributed by atoms with Crippen LogP contribution in [0.2, 0.25) is 0 Å². The number of benzene rings is 2. The van der Waals surface area contributed by atoms with E-state index in [4.69, 9.17) is 0 Å². The van der Waals surface area contributed by atoms with Crippen LogP contribution in [0.25, 0.3) is 21.8 Å². The molecule has 0 fully saturated rings. The first-order valence-electron chi connectivity index (χ1n) is 9.20. The summed E-state index contributed by atoms with van der Waals surface area (Å²) in [7, 11) is 0. The summed E-state index contributed by atoms with van der Waals surface area (Å²) in [5.74, 6) is 0.811. The molecule has 0 N–H and O–H groups in total. The van der Waals surface area contributed by atoms with Gasteiger partial charge in [0.1, 0.15) is 6.33 Å². The van der Waals surface area contributed by atoms with Gasteiger partial charge in [-0.1, -0.05) is 51.1 Å². The average Bonchev–Trinajstić information content (AvgIpc) is 2.66. The van der Waals surface area contributed by atoms with E-state index in [2.05, 4.69) is 72.1 Å². The Kier molecular flexibility index (Phi) is 4.37. The highest BCUT2D eigenvalue weighted by Gasteiger charge is 2.13. The van der Waals surface area contributed by atoms with Gasteiger partial charge in [0, 0.05) is 22.9 Å². The number of nitrogens with zero attached hydrogens (tertiary/aromatic N) is 3. The highest BCUT2D eigenvalue weighted by atomic mass is 14.8.